The second kappa shape index (κ2) is 11.7. The number of nitrogens with one attached hydrogen (secondary N) is 1. The molecule has 40 heavy (non-hydrogen) atoms. The van der Waals surface area contributed by atoms with Gasteiger partial charge in [0.25, 0.3) is 0 Å². The molecule has 0 fully saturated rings. The lowest BCUT2D eigenvalue weighted by atomic mass is 9.77. The molecule has 4 aromatic rings. The Balaban J connectivity index is 1.18. The number of hydrogen-bond acceptors (Lipinski definition) is 4. The molecule has 4 nitrogen and oxygen atoms in total. The summed E-state index contributed by atoms with van der Waals surface area (Å²) in [4.78, 5) is 4.72. The predicted molar refractivity (Wildman–Crippen MR) is 163 cm³/mol. The van der Waals surface area contributed by atoms with Crippen LogP contribution in [0.1, 0.15) is 47.6 Å². The second-order valence-corrected chi connectivity index (χ2v) is 10.9. The Morgan fingerprint density at radius 2 is 1.85 bits per heavy atom. The normalized spacial score (nSPS) is 19.2. The Labute approximate surface area is 242 Å². The van der Waals surface area contributed by atoms with Crippen molar-refractivity contribution in [2.24, 2.45) is 10.9 Å². The van der Waals surface area contributed by atoms with Crippen molar-refractivity contribution in [1.82, 2.24) is 0 Å². The van der Waals surface area contributed by atoms with Crippen molar-refractivity contribution in [2.45, 2.75) is 31.9 Å². The average Bonchev–Trinajstić information content (AvgIpc) is 3.46. The minimum Gasteiger partial charge on any atom is -0.490 e. The number of ether oxygens (including phenoxy) is 2. The van der Waals surface area contributed by atoms with Crippen LogP contribution in [0.2, 0.25) is 0 Å². The van der Waals surface area contributed by atoms with Crippen LogP contribution < -0.4 is 14.8 Å². The number of halogens is 2. The van der Waals surface area contributed by atoms with Crippen molar-refractivity contribution in [2.75, 3.05) is 11.9 Å². The minimum absolute atomic E-state index is 0.231. The molecule has 4 aromatic carbocycles. The summed E-state index contributed by atoms with van der Waals surface area (Å²) in [6.07, 6.45) is 7.58. The maximum Gasteiger partial charge on any atom is 0.175 e. The zero-order valence-electron chi connectivity index (χ0n) is 22.2. The van der Waals surface area contributed by atoms with Crippen LogP contribution in [0.3, 0.4) is 0 Å². The van der Waals surface area contributed by atoms with Gasteiger partial charge in [-0.25, -0.2) is 4.39 Å². The predicted octanol–water partition coefficient (Wildman–Crippen LogP) is 9.14. The van der Waals surface area contributed by atoms with Gasteiger partial charge < -0.3 is 14.8 Å². The third kappa shape index (κ3) is 5.54. The van der Waals surface area contributed by atoms with E-state index in [9.17, 15) is 4.39 Å². The van der Waals surface area contributed by atoms with Gasteiger partial charge in [-0.3, -0.25) is 4.99 Å². The number of nitrogens with zero attached hydrogens (tertiary/aromatic N) is 1. The lowest BCUT2D eigenvalue weighted by Crippen LogP contribution is -2.28. The van der Waals surface area contributed by atoms with E-state index in [4.69, 9.17) is 14.5 Å². The van der Waals surface area contributed by atoms with Crippen LogP contribution in [0, 0.1) is 11.7 Å². The van der Waals surface area contributed by atoms with E-state index in [1.54, 1.807) is 6.07 Å². The molecule has 0 bridgehead atoms. The van der Waals surface area contributed by atoms with Gasteiger partial charge >= 0.3 is 0 Å². The SMILES string of the molecule is CCOc1cc(C=Nc2ccc([C@@H]3Nc4ccccc4[C@H]4C=CC[C@H]43)cc2)cc(Br)c1OCc1cccc(F)c1. The summed E-state index contributed by atoms with van der Waals surface area (Å²) in [6.45, 7) is 2.65. The van der Waals surface area contributed by atoms with Gasteiger partial charge in [0.2, 0.25) is 0 Å². The van der Waals surface area contributed by atoms with Crippen molar-refractivity contribution >= 4 is 33.5 Å². The highest BCUT2D eigenvalue weighted by Crippen LogP contribution is 2.49. The monoisotopic (exact) mass is 596 g/mol. The van der Waals surface area contributed by atoms with Gasteiger partial charge in [-0.1, -0.05) is 54.6 Å². The molecule has 0 aromatic heterocycles. The number of benzene rings is 4. The number of fused-ring (bicyclic) bond motifs is 3. The highest BCUT2D eigenvalue weighted by Gasteiger charge is 2.37. The molecule has 0 radical (unpaired) electrons. The lowest BCUT2D eigenvalue weighted by molar-refractivity contribution is 0.267. The largest absolute Gasteiger partial charge is 0.490 e. The van der Waals surface area contributed by atoms with E-state index < -0.39 is 0 Å². The Bertz CT molecular complexity index is 1570. The molecule has 202 valence electrons. The van der Waals surface area contributed by atoms with Crippen LogP contribution in [-0.2, 0) is 6.61 Å². The summed E-state index contributed by atoms with van der Waals surface area (Å²) < 4.78 is 26.2. The summed E-state index contributed by atoms with van der Waals surface area (Å²) in [6, 6.07) is 27.6. The molecule has 3 atom stereocenters. The summed E-state index contributed by atoms with van der Waals surface area (Å²) in [5.41, 5.74) is 6.39. The topological polar surface area (TPSA) is 42.8 Å². The first-order valence-electron chi connectivity index (χ1n) is 13.6. The molecule has 0 saturated heterocycles. The zero-order chi connectivity index (χ0) is 27.5. The van der Waals surface area contributed by atoms with Gasteiger partial charge in [0.1, 0.15) is 12.4 Å². The maximum absolute atomic E-state index is 13.6. The van der Waals surface area contributed by atoms with Gasteiger partial charge in [-0.05, 0) is 99.9 Å². The van der Waals surface area contributed by atoms with Crippen molar-refractivity contribution in [3.63, 3.8) is 0 Å². The average molecular weight is 598 g/mol. The van der Waals surface area contributed by atoms with E-state index in [2.05, 4.69) is 81.9 Å². The van der Waals surface area contributed by atoms with Gasteiger partial charge in [0.05, 0.1) is 22.8 Å². The third-order valence-corrected chi connectivity index (χ3v) is 8.08. The van der Waals surface area contributed by atoms with E-state index in [0.717, 1.165) is 27.7 Å². The second-order valence-electron chi connectivity index (χ2n) is 10.1. The van der Waals surface area contributed by atoms with Gasteiger partial charge in [0, 0.05) is 17.8 Å². The van der Waals surface area contributed by atoms with Crippen molar-refractivity contribution < 1.29 is 13.9 Å². The van der Waals surface area contributed by atoms with E-state index in [-0.39, 0.29) is 18.5 Å². The molecule has 1 N–H and O–H groups in total. The van der Waals surface area contributed by atoms with Crippen molar-refractivity contribution in [1.29, 1.82) is 0 Å². The smallest absolute Gasteiger partial charge is 0.175 e. The van der Waals surface area contributed by atoms with Crippen LogP contribution in [0.4, 0.5) is 15.8 Å². The molecular weight excluding hydrogens is 567 g/mol. The van der Waals surface area contributed by atoms with E-state index in [1.165, 1.54) is 28.9 Å². The molecule has 1 heterocycles. The van der Waals surface area contributed by atoms with Crippen LogP contribution in [0.15, 0.2) is 107 Å². The van der Waals surface area contributed by atoms with Gasteiger partial charge in [-0.2, -0.15) is 0 Å². The van der Waals surface area contributed by atoms with Crippen LogP contribution >= 0.6 is 15.9 Å². The Morgan fingerprint density at radius 1 is 1.00 bits per heavy atom. The standard InChI is InChI=1S/C34H30BrFN2O2/c1-2-39-32-19-23(18-30(35)34(32)40-21-22-7-5-8-25(36)17-22)20-37-26-15-13-24(14-16-26)33-29-11-6-10-27(29)28-9-3-4-12-31(28)38-33/h3-10,12-20,27,29,33,38H,2,11,21H2,1H3/t27-,29-,33+/m1/s1. The fourth-order valence-electron chi connectivity index (χ4n) is 5.64. The highest BCUT2D eigenvalue weighted by molar-refractivity contribution is 9.10. The van der Waals surface area contributed by atoms with E-state index in [0.29, 0.717) is 29.9 Å². The quantitative estimate of drug-likeness (QED) is 0.163. The van der Waals surface area contributed by atoms with Gasteiger partial charge in [-0.15, -0.1) is 0 Å². The molecule has 0 amide bonds. The van der Waals surface area contributed by atoms with E-state index in [1.807, 2.05) is 31.3 Å². The molecule has 1 aliphatic heterocycles. The summed E-state index contributed by atoms with van der Waals surface area (Å²) in [5.74, 6) is 1.87. The molecule has 2 aliphatic rings. The van der Waals surface area contributed by atoms with Crippen LogP contribution in [0.25, 0.3) is 0 Å². The summed E-state index contributed by atoms with van der Waals surface area (Å²) in [7, 11) is 0. The first-order valence-corrected chi connectivity index (χ1v) is 14.4. The van der Waals surface area contributed by atoms with Crippen LogP contribution in [0.5, 0.6) is 11.5 Å². The highest BCUT2D eigenvalue weighted by atomic mass is 79.9. The van der Waals surface area contributed by atoms with E-state index >= 15 is 0 Å². The summed E-state index contributed by atoms with van der Waals surface area (Å²) >= 11 is 3.62. The third-order valence-electron chi connectivity index (χ3n) is 7.49. The first kappa shape index (κ1) is 26.3. The fourth-order valence-corrected chi connectivity index (χ4v) is 6.21. The fraction of sp³-hybridized carbons (Fsp3) is 0.206. The van der Waals surface area contributed by atoms with Crippen LogP contribution in [-0.4, -0.2) is 12.8 Å². The molecule has 6 rings (SSSR count). The number of anilines is 1. The van der Waals surface area contributed by atoms with Gasteiger partial charge in [0.15, 0.2) is 11.5 Å². The Morgan fingerprint density at radius 3 is 2.67 bits per heavy atom. The number of hydrogen-bond donors (Lipinski definition) is 1. The number of allylic oxidation sites excluding steroid dienone is 2. The molecule has 1 aliphatic carbocycles. The zero-order valence-corrected chi connectivity index (χ0v) is 23.8. The molecule has 0 spiro atoms. The molecule has 0 unspecified atom stereocenters. The van der Waals surface area contributed by atoms with Crippen molar-refractivity contribution in [3.05, 3.63) is 130 Å². The summed E-state index contributed by atoms with van der Waals surface area (Å²) in [5, 5.41) is 3.79. The Kier molecular flexibility index (Phi) is 7.69. The molecular formula is C34H30BrFN2O2. The number of para-hydroxylation sites is 1. The molecule has 6 heteroatoms. The first-order chi connectivity index (χ1) is 19.6. The van der Waals surface area contributed by atoms with Crippen molar-refractivity contribution in [3.8, 4) is 11.5 Å². The maximum atomic E-state index is 13.6. The number of aliphatic imine (C=N–C) groups is 1. The number of rotatable bonds is 8. The molecule has 0 saturated carbocycles. The Hall–Kier alpha value is -3.90. The minimum atomic E-state index is -0.287. The lowest BCUT2D eigenvalue weighted by Gasteiger charge is -2.37.